The van der Waals surface area contributed by atoms with Crippen molar-refractivity contribution < 1.29 is 9.53 Å². The molecular weight excluding hydrogens is 402 g/mol. The van der Waals surface area contributed by atoms with E-state index in [2.05, 4.69) is 43.9 Å². The molecule has 32 heavy (non-hydrogen) atoms. The predicted molar refractivity (Wildman–Crippen MR) is 128 cm³/mol. The summed E-state index contributed by atoms with van der Waals surface area (Å²) in [5, 5.41) is 0. The Bertz CT molecular complexity index is 844. The third-order valence-electron chi connectivity index (χ3n) is 6.33. The zero-order valence-electron chi connectivity index (χ0n) is 19.3. The quantitative estimate of drug-likeness (QED) is 0.633. The highest BCUT2D eigenvalue weighted by atomic mass is 16.5. The van der Waals surface area contributed by atoms with Crippen molar-refractivity contribution in [3.63, 3.8) is 0 Å². The SMILES string of the molecule is CN(C)c1ccc(CN(C[C@@H]2CCCO2)C(=O)CN2CCN(c3ccccn3)CC2)cc1. The molecule has 1 aromatic heterocycles. The van der Waals surface area contributed by atoms with Gasteiger partial charge in [0.1, 0.15) is 5.82 Å². The number of benzene rings is 1. The summed E-state index contributed by atoms with van der Waals surface area (Å²) >= 11 is 0. The number of pyridine rings is 1. The molecule has 2 saturated heterocycles. The Kier molecular flexibility index (Phi) is 7.60. The maximum absolute atomic E-state index is 13.3. The Morgan fingerprint density at radius 3 is 2.50 bits per heavy atom. The van der Waals surface area contributed by atoms with Gasteiger partial charge >= 0.3 is 0 Å². The Labute approximate surface area is 191 Å². The van der Waals surface area contributed by atoms with Crippen LogP contribution >= 0.6 is 0 Å². The highest BCUT2D eigenvalue weighted by Gasteiger charge is 2.26. The van der Waals surface area contributed by atoms with Gasteiger partial charge in [0.2, 0.25) is 5.91 Å². The van der Waals surface area contributed by atoms with Gasteiger partial charge in [0.25, 0.3) is 0 Å². The maximum atomic E-state index is 13.3. The van der Waals surface area contributed by atoms with Crippen LogP contribution in [0.2, 0.25) is 0 Å². The molecule has 172 valence electrons. The molecular formula is C25H35N5O2. The molecule has 1 aromatic carbocycles. The maximum Gasteiger partial charge on any atom is 0.237 e. The van der Waals surface area contributed by atoms with Crippen molar-refractivity contribution in [2.24, 2.45) is 0 Å². The zero-order chi connectivity index (χ0) is 22.3. The molecule has 3 heterocycles. The Morgan fingerprint density at radius 1 is 1.09 bits per heavy atom. The molecule has 0 N–H and O–H groups in total. The molecule has 2 aliphatic heterocycles. The number of ether oxygens (including phenoxy) is 1. The van der Waals surface area contributed by atoms with Crippen LogP contribution in [-0.2, 0) is 16.1 Å². The van der Waals surface area contributed by atoms with Crippen LogP contribution < -0.4 is 9.80 Å². The summed E-state index contributed by atoms with van der Waals surface area (Å²) in [6.07, 6.45) is 4.10. The fraction of sp³-hybridized carbons (Fsp3) is 0.520. The standard InChI is InChI=1S/C25H35N5O2/c1-27(2)22-10-8-21(9-11-22)18-30(19-23-6-5-17-32-23)25(31)20-28-13-15-29(16-14-28)24-7-3-4-12-26-24/h3-4,7-12,23H,5-6,13-20H2,1-2H3/t23-/m0/s1. The third kappa shape index (κ3) is 5.99. The number of carbonyl (C=O) groups is 1. The molecule has 0 aliphatic carbocycles. The number of piperazine rings is 1. The van der Waals surface area contributed by atoms with Gasteiger partial charge in [-0.1, -0.05) is 18.2 Å². The van der Waals surface area contributed by atoms with Gasteiger partial charge < -0.3 is 19.4 Å². The molecule has 4 rings (SSSR count). The largest absolute Gasteiger partial charge is 0.378 e. The van der Waals surface area contributed by atoms with Crippen LogP contribution in [-0.4, -0.2) is 86.8 Å². The van der Waals surface area contributed by atoms with Crippen molar-refractivity contribution in [1.29, 1.82) is 0 Å². The van der Waals surface area contributed by atoms with Gasteiger partial charge in [0.15, 0.2) is 0 Å². The summed E-state index contributed by atoms with van der Waals surface area (Å²) < 4.78 is 5.85. The van der Waals surface area contributed by atoms with E-state index >= 15 is 0 Å². The van der Waals surface area contributed by atoms with Gasteiger partial charge in [-0.05, 0) is 42.7 Å². The second kappa shape index (κ2) is 10.8. The Morgan fingerprint density at radius 2 is 1.88 bits per heavy atom. The van der Waals surface area contributed by atoms with E-state index in [1.807, 2.05) is 43.4 Å². The topological polar surface area (TPSA) is 52.2 Å². The second-order valence-corrected chi connectivity index (χ2v) is 8.92. The van der Waals surface area contributed by atoms with Gasteiger partial charge in [0, 0.05) is 71.9 Å². The molecule has 2 fully saturated rings. The number of rotatable bonds is 8. The lowest BCUT2D eigenvalue weighted by molar-refractivity contribution is -0.134. The van der Waals surface area contributed by atoms with Crippen molar-refractivity contribution in [2.75, 3.05) is 69.8 Å². The summed E-state index contributed by atoms with van der Waals surface area (Å²) in [5.74, 6) is 1.20. The lowest BCUT2D eigenvalue weighted by Crippen LogP contribution is -2.51. The number of nitrogens with zero attached hydrogens (tertiary/aromatic N) is 5. The smallest absolute Gasteiger partial charge is 0.237 e. The monoisotopic (exact) mass is 437 g/mol. The molecule has 1 amide bonds. The average Bonchev–Trinajstić information content (AvgIpc) is 3.33. The van der Waals surface area contributed by atoms with E-state index in [4.69, 9.17) is 4.74 Å². The number of amides is 1. The number of carbonyl (C=O) groups excluding carboxylic acids is 1. The molecule has 0 saturated carbocycles. The van der Waals surface area contributed by atoms with Crippen LogP contribution in [0.4, 0.5) is 11.5 Å². The van der Waals surface area contributed by atoms with Crippen molar-refractivity contribution >= 4 is 17.4 Å². The first-order valence-corrected chi connectivity index (χ1v) is 11.6. The number of hydrogen-bond acceptors (Lipinski definition) is 6. The van der Waals surface area contributed by atoms with Crippen molar-refractivity contribution in [1.82, 2.24) is 14.8 Å². The van der Waals surface area contributed by atoms with Gasteiger partial charge in [0.05, 0.1) is 12.6 Å². The van der Waals surface area contributed by atoms with E-state index in [1.54, 1.807) is 0 Å². The molecule has 7 heteroatoms. The number of anilines is 2. The van der Waals surface area contributed by atoms with Gasteiger partial charge in [-0.3, -0.25) is 9.69 Å². The number of hydrogen-bond donors (Lipinski definition) is 0. The molecule has 0 unspecified atom stereocenters. The van der Waals surface area contributed by atoms with E-state index in [0.29, 0.717) is 19.6 Å². The first kappa shape index (κ1) is 22.6. The first-order valence-electron chi connectivity index (χ1n) is 11.6. The summed E-state index contributed by atoms with van der Waals surface area (Å²) in [7, 11) is 4.08. The highest BCUT2D eigenvalue weighted by Crippen LogP contribution is 2.18. The van der Waals surface area contributed by atoms with Crippen LogP contribution in [0, 0.1) is 0 Å². The van der Waals surface area contributed by atoms with Gasteiger partial charge in [-0.25, -0.2) is 4.98 Å². The fourth-order valence-electron chi connectivity index (χ4n) is 4.38. The molecule has 2 aliphatic rings. The van der Waals surface area contributed by atoms with Crippen molar-refractivity contribution in [3.8, 4) is 0 Å². The summed E-state index contributed by atoms with van der Waals surface area (Å²) in [5.41, 5.74) is 2.32. The lowest BCUT2D eigenvalue weighted by atomic mass is 10.1. The molecule has 0 bridgehead atoms. The normalized spacial score (nSPS) is 19.2. The van der Waals surface area contributed by atoms with E-state index in [-0.39, 0.29) is 12.0 Å². The van der Waals surface area contributed by atoms with Crippen LogP contribution in [0.5, 0.6) is 0 Å². The third-order valence-corrected chi connectivity index (χ3v) is 6.33. The second-order valence-electron chi connectivity index (χ2n) is 8.92. The highest BCUT2D eigenvalue weighted by molar-refractivity contribution is 5.78. The molecule has 0 radical (unpaired) electrons. The van der Waals surface area contributed by atoms with E-state index in [1.165, 1.54) is 0 Å². The summed E-state index contributed by atoms with van der Waals surface area (Å²) in [4.78, 5) is 26.4. The molecule has 0 spiro atoms. The Balaban J connectivity index is 1.35. The van der Waals surface area contributed by atoms with Crippen molar-refractivity contribution in [2.45, 2.75) is 25.5 Å². The Hall–Kier alpha value is -2.64. The van der Waals surface area contributed by atoms with Crippen molar-refractivity contribution in [3.05, 3.63) is 54.2 Å². The van der Waals surface area contributed by atoms with Crippen LogP contribution in [0.1, 0.15) is 18.4 Å². The van der Waals surface area contributed by atoms with Crippen LogP contribution in [0.25, 0.3) is 0 Å². The van der Waals surface area contributed by atoms with Gasteiger partial charge in [-0.15, -0.1) is 0 Å². The van der Waals surface area contributed by atoms with Gasteiger partial charge in [-0.2, -0.15) is 0 Å². The first-order chi connectivity index (χ1) is 15.6. The van der Waals surface area contributed by atoms with Crippen LogP contribution in [0.15, 0.2) is 48.7 Å². The molecule has 7 nitrogen and oxygen atoms in total. The average molecular weight is 438 g/mol. The summed E-state index contributed by atoms with van der Waals surface area (Å²) in [6, 6.07) is 14.5. The van der Waals surface area contributed by atoms with Crippen LogP contribution in [0.3, 0.4) is 0 Å². The minimum absolute atomic E-state index is 0.154. The van der Waals surface area contributed by atoms with E-state index in [0.717, 1.165) is 62.7 Å². The molecule has 2 aromatic rings. The minimum atomic E-state index is 0.154. The van der Waals surface area contributed by atoms with E-state index < -0.39 is 0 Å². The zero-order valence-corrected chi connectivity index (χ0v) is 19.3. The lowest BCUT2D eigenvalue weighted by Gasteiger charge is -2.36. The fourth-order valence-corrected chi connectivity index (χ4v) is 4.38. The summed E-state index contributed by atoms with van der Waals surface area (Å²) in [6.45, 7) is 6.08. The van der Waals surface area contributed by atoms with E-state index in [9.17, 15) is 4.79 Å². The number of aromatic nitrogens is 1. The predicted octanol–water partition coefficient (Wildman–Crippen LogP) is 2.48. The minimum Gasteiger partial charge on any atom is -0.378 e. The molecule has 1 atom stereocenters.